The van der Waals surface area contributed by atoms with Crippen LogP contribution in [0.5, 0.6) is 0 Å². The number of furan rings is 1. The van der Waals surface area contributed by atoms with Crippen molar-refractivity contribution in [1.82, 2.24) is 19.7 Å². The van der Waals surface area contributed by atoms with Crippen molar-refractivity contribution in [1.29, 1.82) is 0 Å². The fourth-order valence-electron chi connectivity index (χ4n) is 1.38. The van der Waals surface area contributed by atoms with Gasteiger partial charge in [-0.25, -0.2) is 9.48 Å². The molecular formula is C10H14N4O2. The van der Waals surface area contributed by atoms with Crippen LogP contribution in [-0.4, -0.2) is 20.9 Å². The van der Waals surface area contributed by atoms with Crippen LogP contribution >= 0.6 is 0 Å². The second-order valence-corrected chi connectivity index (χ2v) is 3.56. The third kappa shape index (κ3) is 2.40. The van der Waals surface area contributed by atoms with Gasteiger partial charge in [-0.1, -0.05) is 0 Å². The summed E-state index contributed by atoms with van der Waals surface area (Å²) in [6.45, 7) is 2.00. The van der Waals surface area contributed by atoms with Crippen molar-refractivity contribution in [3.63, 3.8) is 0 Å². The molecule has 2 aromatic heterocycles. The molecular weight excluding hydrogens is 208 g/mol. The van der Waals surface area contributed by atoms with E-state index < -0.39 is 0 Å². The van der Waals surface area contributed by atoms with Crippen molar-refractivity contribution in [2.45, 2.75) is 13.1 Å². The van der Waals surface area contributed by atoms with Gasteiger partial charge in [0.05, 0.1) is 19.1 Å². The predicted molar refractivity (Wildman–Crippen MR) is 57.9 cm³/mol. The molecule has 0 saturated heterocycles. The molecule has 0 radical (unpaired) electrons. The van der Waals surface area contributed by atoms with E-state index in [-0.39, 0.29) is 5.69 Å². The van der Waals surface area contributed by atoms with Crippen LogP contribution in [-0.2, 0) is 20.1 Å². The minimum absolute atomic E-state index is 0.0925. The van der Waals surface area contributed by atoms with E-state index in [0.29, 0.717) is 13.1 Å². The molecule has 2 rings (SSSR count). The molecule has 86 valence electrons. The lowest BCUT2D eigenvalue weighted by Crippen LogP contribution is -2.28. The standard InChI is InChI=1S/C10H14N4O2/c1-13-8-12-14(10(13)15)4-3-11-6-9-2-5-16-7-9/h2,5,7-8,11H,3-4,6H2,1H3. The van der Waals surface area contributed by atoms with E-state index in [0.717, 1.165) is 12.1 Å². The minimum Gasteiger partial charge on any atom is -0.472 e. The monoisotopic (exact) mass is 222 g/mol. The third-order valence-corrected chi connectivity index (χ3v) is 2.30. The highest BCUT2D eigenvalue weighted by Crippen LogP contribution is 1.97. The molecule has 0 aliphatic carbocycles. The predicted octanol–water partition coefficient (Wildman–Crippen LogP) is -0.0354. The van der Waals surface area contributed by atoms with Gasteiger partial charge in [-0.2, -0.15) is 5.10 Å². The molecule has 6 heteroatoms. The van der Waals surface area contributed by atoms with Crippen LogP contribution in [0.2, 0.25) is 0 Å². The molecule has 2 heterocycles. The van der Waals surface area contributed by atoms with Gasteiger partial charge in [0.25, 0.3) is 0 Å². The lowest BCUT2D eigenvalue weighted by molar-refractivity contribution is 0.530. The summed E-state index contributed by atoms with van der Waals surface area (Å²) >= 11 is 0. The molecule has 0 aliphatic heterocycles. The average molecular weight is 222 g/mol. The van der Waals surface area contributed by atoms with Crippen LogP contribution in [0.3, 0.4) is 0 Å². The van der Waals surface area contributed by atoms with Crippen LogP contribution < -0.4 is 11.0 Å². The zero-order valence-corrected chi connectivity index (χ0v) is 9.09. The number of rotatable bonds is 5. The number of hydrogen-bond acceptors (Lipinski definition) is 4. The molecule has 0 amide bonds. The van der Waals surface area contributed by atoms with Gasteiger partial charge in [0.2, 0.25) is 0 Å². The molecule has 0 fully saturated rings. The lowest BCUT2D eigenvalue weighted by Gasteiger charge is -2.01. The maximum absolute atomic E-state index is 11.4. The molecule has 0 bridgehead atoms. The normalized spacial score (nSPS) is 10.8. The van der Waals surface area contributed by atoms with E-state index in [1.165, 1.54) is 15.6 Å². The number of nitrogens with one attached hydrogen (secondary N) is 1. The van der Waals surface area contributed by atoms with E-state index in [2.05, 4.69) is 10.4 Å². The molecule has 16 heavy (non-hydrogen) atoms. The number of hydrogen-bond donors (Lipinski definition) is 1. The van der Waals surface area contributed by atoms with E-state index in [9.17, 15) is 4.79 Å². The summed E-state index contributed by atoms with van der Waals surface area (Å²) in [6.07, 6.45) is 4.85. The Kier molecular flexibility index (Phi) is 3.21. The average Bonchev–Trinajstić information content (AvgIpc) is 2.88. The quantitative estimate of drug-likeness (QED) is 0.721. The summed E-state index contributed by atoms with van der Waals surface area (Å²) in [5.41, 5.74) is 0.999. The molecule has 0 saturated carbocycles. The molecule has 1 N–H and O–H groups in total. The number of aryl methyl sites for hydroxylation is 1. The van der Waals surface area contributed by atoms with E-state index in [1.54, 1.807) is 19.6 Å². The Morgan fingerprint density at radius 3 is 3.06 bits per heavy atom. The van der Waals surface area contributed by atoms with Crippen molar-refractivity contribution in [2.75, 3.05) is 6.54 Å². The summed E-state index contributed by atoms with van der Waals surface area (Å²) in [5.74, 6) is 0. The molecule has 0 atom stereocenters. The van der Waals surface area contributed by atoms with Gasteiger partial charge in [-0.15, -0.1) is 0 Å². The van der Waals surface area contributed by atoms with Gasteiger partial charge in [-0.3, -0.25) is 4.57 Å². The third-order valence-electron chi connectivity index (χ3n) is 2.30. The molecule has 6 nitrogen and oxygen atoms in total. The fourth-order valence-corrected chi connectivity index (χ4v) is 1.38. The van der Waals surface area contributed by atoms with Crippen LogP contribution in [0.25, 0.3) is 0 Å². The Bertz CT molecular complexity index is 483. The molecule has 0 unspecified atom stereocenters. The fraction of sp³-hybridized carbons (Fsp3) is 0.400. The summed E-state index contributed by atoms with van der Waals surface area (Å²) in [6, 6.07) is 1.90. The number of nitrogens with zero attached hydrogens (tertiary/aromatic N) is 3. The first-order valence-electron chi connectivity index (χ1n) is 5.07. The Labute approximate surface area is 92.5 Å². The zero-order chi connectivity index (χ0) is 11.4. The van der Waals surface area contributed by atoms with Gasteiger partial charge >= 0.3 is 5.69 Å². The summed E-state index contributed by atoms with van der Waals surface area (Å²) in [7, 11) is 1.69. The van der Waals surface area contributed by atoms with Crippen LogP contribution in [0.1, 0.15) is 5.56 Å². The van der Waals surface area contributed by atoms with Crippen molar-refractivity contribution >= 4 is 0 Å². The minimum atomic E-state index is -0.0925. The molecule has 0 spiro atoms. The van der Waals surface area contributed by atoms with Gasteiger partial charge in [0.15, 0.2) is 0 Å². The zero-order valence-electron chi connectivity index (χ0n) is 9.09. The van der Waals surface area contributed by atoms with E-state index in [4.69, 9.17) is 4.42 Å². The first-order valence-corrected chi connectivity index (χ1v) is 5.07. The highest BCUT2D eigenvalue weighted by molar-refractivity contribution is 5.04. The Morgan fingerprint density at radius 2 is 2.44 bits per heavy atom. The first kappa shape index (κ1) is 10.7. The molecule has 0 aliphatic rings. The highest BCUT2D eigenvalue weighted by Gasteiger charge is 2.00. The number of aromatic nitrogens is 3. The maximum atomic E-state index is 11.4. The molecule has 2 aromatic rings. The first-order chi connectivity index (χ1) is 7.77. The SMILES string of the molecule is Cn1cnn(CCNCc2ccoc2)c1=O. The van der Waals surface area contributed by atoms with Gasteiger partial charge in [0.1, 0.15) is 6.33 Å². The van der Waals surface area contributed by atoms with Crippen molar-refractivity contribution in [2.24, 2.45) is 7.05 Å². The Hall–Kier alpha value is -1.82. The van der Waals surface area contributed by atoms with Crippen LogP contribution in [0.15, 0.2) is 34.1 Å². The second-order valence-electron chi connectivity index (χ2n) is 3.56. The Morgan fingerprint density at radius 1 is 1.56 bits per heavy atom. The topological polar surface area (TPSA) is 65.0 Å². The van der Waals surface area contributed by atoms with Crippen molar-refractivity contribution in [3.05, 3.63) is 41.0 Å². The maximum Gasteiger partial charge on any atom is 0.345 e. The van der Waals surface area contributed by atoms with Crippen molar-refractivity contribution < 1.29 is 4.42 Å². The highest BCUT2D eigenvalue weighted by atomic mass is 16.3. The van der Waals surface area contributed by atoms with Gasteiger partial charge in [0, 0.05) is 25.7 Å². The van der Waals surface area contributed by atoms with E-state index in [1.807, 2.05) is 6.07 Å². The van der Waals surface area contributed by atoms with Crippen LogP contribution in [0, 0.1) is 0 Å². The summed E-state index contributed by atoms with van der Waals surface area (Å²) in [5, 5.41) is 7.16. The van der Waals surface area contributed by atoms with Gasteiger partial charge < -0.3 is 9.73 Å². The van der Waals surface area contributed by atoms with Crippen LogP contribution in [0.4, 0.5) is 0 Å². The smallest absolute Gasteiger partial charge is 0.345 e. The lowest BCUT2D eigenvalue weighted by atomic mass is 10.3. The second kappa shape index (κ2) is 4.80. The molecule has 0 aromatic carbocycles. The summed E-state index contributed by atoms with van der Waals surface area (Å²) in [4.78, 5) is 11.4. The van der Waals surface area contributed by atoms with Crippen molar-refractivity contribution in [3.8, 4) is 0 Å². The largest absolute Gasteiger partial charge is 0.472 e. The Balaban J connectivity index is 1.76. The summed E-state index contributed by atoms with van der Waals surface area (Å²) < 4.78 is 7.83. The van der Waals surface area contributed by atoms with Gasteiger partial charge in [-0.05, 0) is 6.07 Å². The van der Waals surface area contributed by atoms with E-state index >= 15 is 0 Å².